The van der Waals surface area contributed by atoms with Crippen molar-refractivity contribution in [2.24, 2.45) is 10.9 Å². The molecule has 0 spiro atoms. The molecule has 142 valence electrons. The van der Waals surface area contributed by atoms with Crippen LogP contribution in [0.3, 0.4) is 0 Å². The minimum Gasteiger partial charge on any atom is -0.357 e. The molecule has 0 aliphatic carbocycles. The van der Waals surface area contributed by atoms with Gasteiger partial charge in [-0.1, -0.05) is 6.92 Å². The monoisotopic (exact) mass is 386 g/mol. The predicted octanol–water partition coefficient (Wildman–Crippen LogP) is 2.08. The van der Waals surface area contributed by atoms with Crippen LogP contribution in [0.4, 0.5) is 0 Å². The zero-order valence-electron chi connectivity index (χ0n) is 15.4. The molecule has 1 fully saturated rings. The van der Waals surface area contributed by atoms with Crippen molar-refractivity contribution in [3.63, 3.8) is 0 Å². The van der Waals surface area contributed by atoms with Gasteiger partial charge in [-0.2, -0.15) is 11.3 Å². The van der Waals surface area contributed by atoms with Gasteiger partial charge < -0.3 is 10.6 Å². The molecule has 1 aromatic heterocycles. The van der Waals surface area contributed by atoms with Gasteiger partial charge in [-0.05, 0) is 48.1 Å². The molecule has 25 heavy (non-hydrogen) atoms. The first-order valence-corrected chi connectivity index (χ1v) is 11.7. The number of rotatable bonds is 7. The van der Waals surface area contributed by atoms with Crippen LogP contribution in [0.1, 0.15) is 38.2 Å². The van der Waals surface area contributed by atoms with Crippen LogP contribution < -0.4 is 10.6 Å². The van der Waals surface area contributed by atoms with Crippen molar-refractivity contribution in [1.29, 1.82) is 0 Å². The molecule has 2 heterocycles. The molecule has 0 amide bonds. The number of aliphatic imine (C=N–C) groups is 1. The Morgan fingerprint density at radius 2 is 2.12 bits per heavy atom. The van der Waals surface area contributed by atoms with Crippen LogP contribution in [0.5, 0.6) is 0 Å². The summed E-state index contributed by atoms with van der Waals surface area (Å²) in [6.45, 7) is 7.89. The lowest BCUT2D eigenvalue weighted by atomic mass is 9.98. The smallest absolute Gasteiger partial charge is 0.211 e. The lowest BCUT2D eigenvalue weighted by Gasteiger charge is -2.30. The summed E-state index contributed by atoms with van der Waals surface area (Å²) in [7, 11) is -3.05. The number of hydrogen-bond acceptors (Lipinski definition) is 4. The van der Waals surface area contributed by atoms with E-state index >= 15 is 0 Å². The molecule has 8 heteroatoms. The molecule has 0 saturated carbocycles. The van der Waals surface area contributed by atoms with E-state index in [1.165, 1.54) is 11.8 Å². The van der Waals surface area contributed by atoms with Crippen LogP contribution in [-0.2, 0) is 10.0 Å². The highest BCUT2D eigenvalue weighted by Crippen LogP contribution is 2.19. The second-order valence-electron chi connectivity index (χ2n) is 6.66. The number of nitrogens with zero attached hydrogens (tertiary/aromatic N) is 2. The Bertz CT molecular complexity index is 636. The van der Waals surface area contributed by atoms with Crippen LogP contribution in [0.15, 0.2) is 21.8 Å². The summed E-state index contributed by atoms with van der Waals surface area (Å²) < 4.78 is 24.7. The molecule has 0 bridgehead atoms. The lowest BCUT2D eigenvalue weighted by molar-refractivity contribution is 0.275. The Morgan fingerprint density at radius 1 is 1.40 bits per heavy atom. The quantitative estimate of drug-likeness (QED) is 0.556. The average Bonchev–Trinajstić information content (AvgIpc) is 3.11. The van der Waals surface area contributed by atoms with Gasteiger partial charge in [-0.25, -0.2) is 12.7 Å². The van der Waals surface area contributed by atoms with Gasteiger partial charge in [0, 0.05) is 38.6 Å². The van der Waals surface area contributed by atoms with E-state index < -0.39 is 10.0 Å². The van der Waals surface area contributed by atoms with Crippen LogP contribution in [-0.4, -0.2) is 57.7 Å². The molecular formula is C17H30N4O2S2. The number of nitrogens with one attached hydrogen (secondary N) is 2. The highest BCUT2D eigenvalue weighted by atomic mass is 32.2. The lowest BCUT2D eigenvalue weighted by Crippen LogP contribution is -2.44. The van der Waals surface area contributed by atoms with Gasteiger partial charge in [-0.3, -0.25) is 4.99 Å². The molecular weight excluding hydrogens is 356 g/mol. The van der Waals surface area contributed by atoms with Gasteiger partial charge in [0.05, 0.1) is 6.26 Å². The Kier molecular flexibility index (Phi) is 7.71. The maximum absolute atomic E-state index is 11.6. The second-order valence-corrected chi connectivity index (χ2v) is 9.43. The van der Waals surface area contributed by atoms with E-state index in [1.807, 2.05) is 0 Å². The zero-order valence-corrected chi connectivity index (χ0v) is 17.0. The van der Waals surface area contributed by atoms with Gasteiger partial charge in [-0.15, -0.1) is 0 Å². The van der Waals surface area contributed by atoms with Gasteiger partial charge >= 0.3 is 0 Å². The van der Waals surface area contributed by atoms with Crippen molar-refractivity contribution >= 4 is 27.3 Å². The van der Waals surface area contributed by atoms with E-state index in [0.717, 1.165) is 38.4 Å². The topological polar surface area (TPSA) is 73.8 Å². The van der Waals surface area contributed by atoms with Crippen molar-refractivity contribution in [2.75, 3.05) is 39.0 Å². The fraction of sp³-hybridized carbons (Fsp3) is 0.706. The first kappa shape index (κ1) is 20.2. The Balaban J connectivity index is 1.80. The van der Waals surface area contributed by atoms with Crippen molar-refractivity contribution in [3.05, 3.63) is 22.4 Å². The van der Waals surface area contributed by atoms with Crippen molar-refractivity contribution in [1.82, 2.24) is 14.9 Å². The summed E-state index contributed by atoms with van der Waals surface area (Å²) >= 11 is 1.72. The van der Waals surface area contributed by atoms with E-state index in [-0.39, 0.29) is 0 Å². The van der Waals surface area contributed by atoms with Gasteiger partial charge in [0.1, 0.15) is 0 Å². The summed E-state index contributed by atoms with van der Waals surface area (Å²) in [5.41, 5.74) is 1.33. The Hall–Kier alpha value is -1.12. The first-order valence-electron chi connectivity index (χ1n) is 8.89. The van der Waals surface area contributed by atoms with Crippen molar-refractivity contribution in [3.8, 4) is 0 Å². The molecule has 2 rings (SSSR count). The molecule has 2 N–H and O–H groups in total. The number of guanidine groups is 1. The largest absolute Gasteiger partial charge is 0.357 e. The Morgan fingerprint density at radius 3 is 2.68 bits per heavy atom. The average molecular weight is 387 g/mol. The molecule has 1 unspecified atom stereocenters. The van der Waals surface area contributed by atoms with Crippen LogP contribution in [0, 0.1) is 5.92 Å². The van der Waals surface area contributed by atoms with E-state index in [4.69, 9.17) is 4.99 Å². The van der Waals surface area contributed by atoms with Gasteiger partial charge in [0.2, 0.25) is 10.0 Å². The molecule has 1 aromatic rings. The van der Waals surface area contributed by atoms with Crippen molar-refractivity contribution in [2.45, 2.75) is 32.6 Å². The Labute approximate surface area is 155 Å². The molecule has 1 atom stereocenters. The van der Waals surface area contributed by atoms with Crippen molar-refractivity contribution < 1.29 is 8.42 Å². The maximum Gasteiger partial charge on any atom is 0.211 e. The predicted molar refractivity (Wildman–Crippen MR) is 106 cm³/mol. The minimum atomic E-state index is -3.05. The third kappa shape index (κ3) is 6.60. The first-order chi connectivity index (χ1) is 11.9. The highest BCUT2D eigenvalue weighted by Gasteiger charge is 2.24. The molecule has 1 saturated heterocycles. The second kappa shape index (κ2) is 9.54. The van der Waals surface area contributed by atoms with E-state index in [9.17, 15) is 8.42 Å². The van der Waals surface area contributed by atoms with Crippen LogP contribution in [0.2, 0.25) is 0 Å². The summed E-state index contributed by atoms with van der Waals surface area (Å²) in [6, 6.07) is 2.15. The van der Waals surface area contributed by atoms with E-state index in [1.54, 1.807) is 15.6 Å². The fourth-order valence-corrected chi connectivity index (χ4v) is 4.57. The zero-order chi connectivity index (χ0) is 18.3. The number of piperidine rings is 1. The SMILES string of the molecule is CCNC(=NCC(C)c1ccsc1)NCC1CCN(S(C)(=O)=O)CC1. The van der Waals surface area contributed by atoms with Gasteiger partial charge in [0.25, 0.3) is 0 Å². The summed E-state index contributed by atoms with van der Waals surface area (Å²) in [4.78, 5) is 4.70. The highest BCUT2D eigenvalue weighted by molar-refractivity contribution is 7.88. The standard InChI is InChI=1S/C17H30N4O2S2/c1-4-18-17(19-11-14(2)16-7-10-24-13-16)20-12-15-5-8-21(9-6-15)25(3,22)23/h7,10,13-15H,4-6,8-9,11-12H2,1-3H3,(H2,18,19,20). The third-order valence-electron chi connectivity index (χ3n) is 4.58. The van der Waals surface area contributed by atoms with Gasteiger partial charge in [0.15, 0.2) is 5.96 Å². The molecule has 1 aliphatic heterocycles. The molecule has 0 aromatic carbocycles. The number of sulfonamides is 1. The fourth-order valence-electron chi connectivity index (χ4n) is 2.92. The maximum atomic E-state index is 11.6. The summed E-state index contributed by atoms with van der Waals surface area (Å²) in [5, 5.41) is 11.0. The van der Waals surface area contributed by atoms with Crippen LogP contribution in [0.25, 0.3) is 0 Å². The van der Waals surface area contributed by atoms with E-state index in [2.05, 4.69) is 41.3 Å². The molecule has 6 nitrogen and oxygen atoms in total. The summed E-state index contributed by atoms with van der Waals surface area (Å²) in [6.07, 6.45) is 3.08. The summed E-state index contributed by atoms with van der Waals surface area (Å²) in [5.74, 6) is 1.73. The normalized spacial score (nSPS) is 18.9. The van der Waals surface area contributed by atoms with Crippen LogP contribution >= 0.6 is 11.3 Å². The molecule has 1 aliphatic rings. The minimum absolute atomic E-state index is 0.403. The number of hydrogen-bond donors (Lipinski definition) is 2. The third-order valence-corrected chi connectivity index (χ3v) is 6.59. The molecule has 0 radical (unpaired) electrons. The number of thiophene rings is 1. The van der Waals surface area contributed by atoms with E-state index in [0.29, 0.717) is 24.9 Å².